The van der Waals surface area contributed by atoms with E-state index in [1.807, 2.05) is 90.9 Å². The lowest BCUT2D eigenvalue weighted by atomic mass is 9.86. The summed E-state index contributed by atoms with van der Waals surface area (Å²) < 4.78 is 0. The molecule has 1 heterocycles. The molecule has 1 aromatic carbocycles. The van der Waals surface area contributed by atoms with Crippen molar-refractivity contribution in [3.8, 4) is 0 Å². The second-order valence-corrected chi connectivity index (χ2v) is 14.5. The van der Waals surface area contributed by atoms with Crippen LogP contribution in [-0.2, 0) is 30.5 Å². The van der Waals surface area contributed by atoms with E-state index in [2.05, 4.69) is 10.6 Å². The molecule has 2 unspecified atom stereocenters. The summed E-state index contributed by atoms with van der Waals surface area (Å²) in [6.45, 7) is 12.3. The Morgan fingerprint density at radius 2 is 1.41 bits per heavy atom. The second kappa shape index (κ2) is 16.5. The van der Waals surface area contributed by atoms with E-state index in [0.717, 1.165) is 12.0 Å². The maximum Gasteiger partial charge on any atom is 0.246 e. The van der Waals surface area contributed by atoms with Gasteiger partial charge in [0.15, 0.2) is 5.78 Å². The van der Waals surface area contributed by atoms with Gasteiger partial charge in [-0.3, -0.25) is 28.9 Å². The number of Topliss-reactive ketones (excluding diaryl/α,β-unsaturated/α-hetero) is 1. The van der Waals surface area contributed by atoms with Crippen molar-refractivity contribution < 1.29 is 24.0 Å². The molecule has 10 heteroatoms. The monoisotopic (exact) mass is 639 g/mol. The summed E-state index contributed by atoms with van der Waals surface area (Å²) in [7, 11) is 5.30. The van der Waals surface area contributed by atoms with Crippen molar-refractivity contribution in [3.05, 3.63) is 35.9 Å². The SMILES string of the molecule is CC(C)C(C(=O)N[C@H](C(=O)N(C)[C@H](C(=O)N1CCC[C@H]1C(=O)C1CCC[C@H]1C(=O)NCc1ccccc1)C(C)C)C(C)C)N(C)C. The van der Waals surface area contributed by atoms with Gasteiger partial charge in [-0.05, 0) is 63.1 Å². The van der Waals surface area contributed by atoms with E-state index in [4.69, 9.17) is 0 Å². The topological polar surface area (TPSA) is 119 Å². The second-order valence-electron chi connectivity index (χ2n) is 14.5. The summed E-state index contributed by atoms with van der Waals surface area (Å²) in [6.07, 6.45) is 3.31. The Morgan fingerprint density at radius 1 is 0.804 bits per heavy atom. The van der Waals surface area contributed by atoms with Crippen LogP contribution in [0.2, 0.25) is 0 Å². The number of carbonyl (C=O) groups is 5. The standard InChI is InChI=1S/C36H57N5O5/c1-22(2)29(38-34(44)30(23(3)4)39(7)8)35(45)40(9)31(24(5)6)36(46)41-20-14-19-28(41)32(42)26-17-13-18-27(26)33(43)37-21-25-15-11-10-12-16-25/h10-12,15-16,22-24,26-31H,13-14,17-21H2,1-9H3,(H,37,43)(H,38,44)/t26?,27-,28+,29+,30?,31+/m1/s1. The van der Waals surface area contributed by atoms with Gasteiger partial charge in [0.1, 0.15) is 12.1 Å². The van der Waals surface area contributed by atoms with Gasteiger partial charge in [-0.15, -0.1) is 0 Å². The first-order valence-electron chi connectivity index (χ1n) is 17.1. The van der Waals surface area contributed by atoms with E-state index in [-0.39, 0.29) is 47.2 Å². The summed E-state index contributed by atoms with van der Waals surface area (Å²) in [5.74, 6) is -2.21. The van der Waals surface area contributed by atoms with Gasteiger partial charge in [-0.1, -0.05) is 78.3 Å². The van der Waals surface area contributed by atoms with Crippen LogP contribution < -0.4 is 10.6 Å². The Labute approximate surface area is 276 Å². The molecular weight excluding hydrogens is 582 g/mol. The zero-order chi connectivity index (χ0) is 34.3. The van der Waals surface area contributed by atoms with Gasteiger partial charge in [0, 0.05) is 32.0 Å². The number of hydrogen-bond donors (Lipinski definition) is 2. The number of ketones is 1. The molecule has 2 aliphatic rings. The van der Waals surface area contributed by atoms with Crippen molar-refractivity contribution in [1.29, 1.82) is 0 Å². The van der Waals surface area contributed by atoms with Gasteiger partial charge in [0.05, 0.1) is 12.1 Å². The first-order valence-corrected chi connectivity index (χ1v) is 17.1. The van der Waals surface area contributed by atoms with Gasteiger partial charge >= 0.3 is 0 Å². The lowest BCUT2D eigenvalue weighted by Crippen LogP contribution is -2.60. The first-order chi connectivity index (χ1) is 21.7. The number of likely N-dealkylation sites (N-methyl/N-ethyl adjacent to an activating group) is 2. The van der Waals surface area contributed by atoms with Crippen LogP contribution in [0.5, 0.6) is 0 Å². The number of amides is 4. The molecule has 4 amide bonds. The summed E-state index contributed by atoms with van der Waals surface area (Å²) >= 11 is 0. The number of nitrogens with zero attached hydrogens (tertiary/aromatic N) is 3. The molecule has 6 atom stereocenters. The molecule has 10 nitrogen and oxygen atoms in total. The maximum absolute atomic E-state index is 14.2. The minimum absolute atomic E-state index is 0.0414. The first kappa shape index (κ1) is 37.2. The lowest BCUT2D eigenvalue weighted by Gasteiger charge is -2.38. The molecule has 256 valence electrons. The Hall–Kier alpha value is -3.27. The van der Waals surface area contributed by atoms with Crippen LogP contribution in [0, 0.1) is 29.6 Å². The van der Waals surface area contributed by atoms with Crippen LogP contribution in [0.4, 0.5) is 0 Å². The summed E-state index contributed by atoms with van der Waals surface area (Å²) in [5, 5.41) is 5.99. The molecule has 46 heavy (non-hydrogen) atoms. The Balaban J connectivity index is 1.75. The van der Waals surface area contributed by atoms with Crippen molar-refractivity contribution in [2.75, 3.05) is 27.7 Å². The van der Waals surface area contributed by atoms with Crippen molar-refractivity contribution in [3.63, 3.8) is 0 Å². The number of hydrogen-bond acceptors (Lipinski definition) is 6. The molecule has 0 radical (unpaired) electrons. The predicted molar refractivity (Wildman–Crippen MR) is 179 cm³/mol. The Bertz CT molecular complexity index is 1210. The quantitative estimate of drug-likeness (QED) is 0.322. The fourth-order valence-electron chi connectivity index (χ4n) is 7.41. The van der Waals surface area contributed by atoms with Crippen LogP contribution in [0.15, 0.2) is 30.3 Å². The normalized spacial score (nSPS) is 21.8. The molecule has 1 aliphatic carbocycles. The number of carbonyl (C=O) groups excluding carboxylic acids is 5. The fourth-order valence-corrected chi connectivity index (χ4v) is 7.41. The van der Waals surface area contributed by atoms with Crippen LogP contribution >= 0.6 is 0 Å². The van der Waals surface area contributed by atoms with Crippen molar-refractivity contribution in [2.24, 2.45) is 29.6 Å². The third kappa shape index (κ3) is 8.75. The highest BCUT2D eigenvalue weighted by atomic mass is 16.2. The summed E-state index contributed by atoms with van der Waals surface area (Å²) in [4.78, 5) is 73.7. The number of benzene rings is 1. The van der Waals surface area contributed by atoms with E-state index in [1.54, 1.807) is 11.9 Å². The molecule has 0 bridgehead atoms. The fraction of sp³-hybridized carbons (Fsp3) is 0.694. The molecule has 0 aromatic heterocycles. The maximum atomic E-state index is 14.2. The molecule has 0 spiro atoms. The molecule has 1 aliphatic heterocycles. The predicted octanol–water partition coefficient (Wildman–Crippen LogP) is 3.49. The van der Waals surface area contributed by atoms with E-state index in [0.29, 0.717) is 38.8 Å². The Kier molecular flexibility index (Phi) is 13.4. The zero-order valence-electron chi connectivity index (χ0n) is 29.4. The number of nitrogens with one attached hydrogen (secondary N) is 2. The highest BCUT2D eigenvalue weighted by Gasteiger charge is 2.46. The highest BCUT2D eigenvalue weighted by molar-refractivity contribution is 5.97. The Morgan fingerprint density at radius 3 is 1.98 bits per heavy atom. The van der Waals surface area contributed by atoms with Crippen LogP contribution in [0.1, 0.15) is 79.2 Å². The molecule has 2 fully saturated rings. The molecule has 3 rings (SSSR count). The van der Waals surface area contributed by atoms with Gasteiger partial charge in [-0.25, -0.2) is 0 Å². The number of likely N-dealkylation sites (tertiary alicyclic amines) is 1. The van der Waals surface area contributed by atoms with Crippen molar-refractivity contribution in [1.82, 2.24) is 25.3 Å². The average molecular weight is 640 g/mol. The number of rotatable bonds is 14. The van der Waals surface area contributed by atoms with Crippen LogP contribution in [-0.4, -0.2) is 96.0 Å². The molecule has 1 saturated heterocycles. The molecule has 1 saturated carbocycles. The van der Waals surface area contributed by atoms with Gasteiger partial charge in [0.25, 0.3) is 0 Å². The third-order valence-electron chi connectivity index (χ3n) is 9.73. The van der Waals surface area contributed by atoms with E-state index < -0.39 is 36.0 Å². The molecule has 2 N–H and O–H groups in total. The summed E-state index contributed by atoms with van der Waals surface area (Å²) in [5.41, 5.74) is 0.999. The smallest absolute Gasteiger partial charge is 0.246 e. The van der Waals surface area contributed by atoms with E-state index in [9.17, 15) is 24.0 Å². The molecule has 1 aromatic rings. The van der Waals surface area contributed by atoms with Crippen molar-refractivity contribution >= 4 is 29.4 Å². The van der Waals surface area contributed by atoms with Gasteiger partial charge < -0.3 is 20.4 Å². The minimum atomic E-state index is -0.808. The third-order valence-corrected chi connectivity index (χ3v) is 9.73. The van der Waals surface area contributed by atoms with Crippen molar-refractivity contribution in [2.45, 2.75) is 104 Å². The summed E-state index contributed by atoms with van der Waals surface area (Å²) in [6, 6.07) is 7.06. The average Bonchev–Trinajstić information content (AvgIpc) is 3.68. The largest absolute Gasteiger partial charge is 0.352 e. The van der Waals surface area contributed by atoms with Gasteiger partial charge in [-0.2, -0.15) is 0 Å². The van der Waals surface area contributed by atoms with Crippen LogP contribution in [0.3, 0.4) is 0 Å². The lowest BCUT2D eigenvalue weighted by molar-refractivity contribution is -0.151. The highest BCUT2D eigenvalue weighted by Crippen LogP contribution is 2.36. The minimum Gasteiger partial charge on any atom is -0.352 e. The van der Waals surface area contributed by atoms with E-state index >= 15 is 0 Å². The van der Waals surface area contributed by atoms with Crippen LogP contribution in [0.25, 0.3) is 0 Å². The zero-order valence-corrected chi connectivity index (χ0v) is 29.4. The van der Waals surface area contributed by atoms with E-state index in [1.165, 1.54) is 4.90 Å². The van der Waals surface area contributed by atoms with Gasteiger partial charge in [0.2, 0.25) is 23.6 Å². The molecular formula is C36H57N5O5.